The molecule has 9 heteroatoms. The molecule has 32 heavy (non-hydrogen) atoms. The Morgan fingerprint density at radius 1 is 1.12 bits per heavy atom. The molecule has 0 saturated carbocycles. The maximum atomic E-state index is 12.3. The standard InChI is InChI=1S/C23H19ClN6OS/c1-16-4-10-20(11-5-16)30-22(18-6-8-19(24)9-7-18)28-29-23(30)32-15-21(31)27-26-14-17-3-2-12-25-13-17/h2-14H,15H2,1H3,(H,27,31)/b26-14+. The lowest BCUT2D eigenvalue weighted by Crippen LogP contribution is -2.20. The third-order valence-corrected chi connectivity index (χ3v) is 5.63. The van der Waals surface area contributed by atoms with Gasteiger partial charge in [-0.1, -0.05) is 47.1 Å². The number of carbonyl (C=O) groups is 1. The van der Waals surface area contributed by atoms with E-state index in [0.29, 0.717) is 16.0 Å². The zero-order chi connectivity index (χ0) is 22.3. The number of amides is 1. The van der Waals surface area contributed by atoms with Gasteiger partial charge in [0.1, 0.15) is 0 Å². The number of halogens is 1. The molecule has 0 saturated heterocycles. The molecule has 0 radical (unpaired) electrons. The summed E-state index contributed by atoms with van der Waals surface area (Å²) in [7, 11) is 0. The van der Waals surface area contributed by atoms with Crippen LogP contribution >= 0.6 is 23.4 Å². The molecule has 0 aliphatic heterocycles. The summed E-state index contributed by atoms with van der Waals surface area (Å²) in [4.78, 5) is 16.3. The minimum atomic E-state index is -0.248. The van der Waals surface area contributed by atoms with Gasteiger partial charge in [0.15, 0.2) is 11.0 Å². The van der Waals surface area contributed by atoms with Crippen molar-refractivity contribution in [2.24, 2.45) is 5.10 Å². The van der Waals surface area contributed by atoms with Gasteiger partial charge in [-0.3, -0.25) is 14.3 Å². The fourth-order valence-corrected chi connectivity index (χ4v) is 3.74. The highest BCUT2D eigenvalue weighted by Gasteiger charge is 2.17. The Labute approximate surface area is 194 Å². The molecule has 0 bridgehead atoms. The summed E-state index contributed by atoms with van der Waals surface area (Å²) >= 11 is 7.32. The third kappa shape index (κ3) is 5.40. The van der Waals surface area contributed by atoms with E-state index in [1.54, 1.807) is 24.7 Å². The maximum Gasteiger partial charge on any atom is 0.250 e. The zero-order valence-corrected chi connectivity index (χ0v) is 18.7. The molecule has 4 rings (SSSR count). The zero-order valence-electron chi connectivity index (χ0n) is 17.1. The molecule has 0 aliphatic carbocycles. The van der Waals surface area contributed by atoms with Gasteiger partial charge in [-0.15, -0.1) is 10.2 Å². The number of hydrogen-bond acceptors (Lipinski definition) is 6. The first-order chi connectivity index (χ1) is 15.6. The number of nitrogens with zero attached hydrogens (tertiary/aromatic N) is 5. The van der Waals surface area contributed by atoms with Gasteiger partial charge in [-0.25, -0.2) is 5.43 Å². The first kappa shape index (κ1) is 21.7. The van der Waals surface area contributed by atoms with Crippen LogP contribution in [0.1, 0.15) is 11.1 Å². The van der Waals surface area contributed by atoms with Crippen LogP contribution in [-0.2, 0) is 4.79 Å². The fraction of sp³-hybridized carbons (Fsp3) is 0.0870. The first-order valence-electron chi connectivity index (χ1n) is 9.73. The van der Waals surface area contributed by atoms with Crippen molar-refractivity contribution in [3.05, 3.63) is 89.2 Å². The summed E-state index contributed by atoms with van der Waals surface area (Å²) in [5.74, 6) is 0.555. The Bertz CT molecular complexity index is 1220. The van der Waals surface area contributed by atoms with Gasteiger partial charge in [0.05, 0.1) is 12.0 Å². The molecule has 4 aromatic rings. The van der Waals surface area contributed by atoms with Gasteiger partial charge >= 0.3 is 0 Å². The van der Waals surface area contributed by atoms with Crippen LogP contribution in [0, 0.1) is 6.92 Å². The highest BCUT2D eigenvalue weighted by molar-refractivity contribution is 7.99. The summed E-state index contributed by atoms with van der Waals surface area (Å²) in [6.07, 6.45) is 4.88. The summed E-state index contributed by atoms with van der Waals surface area (Å²) in [6, 6.07) is 19.1. The quantitative estimate of drug-likeness (QED) is 0.248. The molecule has 7 nitrogen and oxygen atoms in total. The van der Waals surface area contributed by atoms with Crippen molar-refractivity contribution in [3.63, 3.8) is 0 Å². The SMILES string of the molecule is Cc1ccc(-n2c(SCC(=O)N/N=C/c3cccnc3)nnc2-c2ccc(Cl)cc2)cc1. The topological polar surface area (TPSA) is 85.1 Å². The summed E-state index contributed by atoms with van der Waals surface area (Å²) in [6.45, 7) is 2.03. The number of hydrogen-bond donors (Lipinski definition) is 1. The van der Waals surface area contributed by atoms with E-state index < -0.39 is 0 Å². The predicted octanol–water partition coefficient (Wildman–Crippen LogP) is 4.53. The number of aryl methyl sites for hydroxylation is 1. The molecule has 0 unspecified atom stereocenters. The smallest absolute Gasteiger partial charge is 0.250 e. The molecule has 1 N–H and O–H groups in total. The molecule has 1 amide bonds. The second kappa shape index (κ2) is 10.2. The van der Waals surface area contributed by atoms with E-state index in [4.69, 9.17) is 11.6 Å². The number of carbonyl (C=O) groups excluding carboxylic acids is 1. The third-order valence-electron chi connectivity index (χ3n) is 4.45. The Kier molecular flexibility index (Phi) is 6.94. The van der Waals surface area contributed by atoms with E-state index in [2.05, 4.69) is 25.7 Å². The van der Waals surface area contributed by atoms with Crippen LogP contribution in [0.4, 0.5) is 0 Å². The van der Waals surface area contributed by atoms with Crippen LogP contribution in [0.3, 0.4) is 0 Å². The van der Waals surface area contributed by atoms with Gasteiger partial charge in [0.25, 0.3) is 5.91 Å². The van der Waals surface area contributed by atoms with Gasteiger partial charge in [-0.2, -0.15) is 5.10 Å². The molecule has 0 spiro atoms. The molecule has 2 aromatic heterocycles. The van der Waals surface area contributed by atoms with Gasteiger partial charge < -0.3 is 0 Å². The summed E-state index contributed by atoms with van der Waals surface area (Å²) < 4.78 is 1.93. The van der Waals surface area contributed by atoms with Gasteiger partial charge in [-0.05, 0) is 49.4 Å². The fourth-order valence-electron chi connectivity index (χ4n) is 2.87. The Hall–Kier alpha value is -3.49. The second-order valence-corrected chi connectivity index (χ2v) is 8.23. The molecular formula is C23H19ClN6OS. The molecular weight excluding hydrogens is 444 g/mol. The number of rotatable bonds is 7. The number of aromatic nitrogens is 4. The lowest BCUT2D eigenvalue weighted by atomic mass is 10.2. The van der Waals surface area contributed by atoms with Crippen molar-refractivity contribution >= 4 is 35.5 Å². The lowest BCUT2D eigenvalue weighted by Gasteiger charge is -2.10. The van der Waals surface area contributed by atoms with E-state index in [1.807, 2.05) is 66.1 Å². The first-order valence-corrected chi connectivity index (χ1v) is 11.1. The van der Waals surface area contributed by atoms with Crippen molar-refractivity contribution < 1.29 is 4.79 Å². The number of hydrazone groups is 1. The van der Waals surface area contributed by atoms with Crippen LogP contribution < -0.4 is 5.43 Å². The maximum absolute atomic E-state index is 12.3. The molecule has 160 valence electrons. The molecule has 0 fully saturated rings. The number of pyridine rings is 1. The van der Waals surface area contributed by atoms with E-state index in [0.717, 1.165) is 22.4 Å². The number of thioether (sulfide) groups is 1. The Morgan fingerprint density at radius 3 is 2.62 bits per heavy atom. The van der Waals surface area contributed by atoms with E-state index >= 15 is 0 Å². The van der Waals surface area contributed by atoms with E-state index in [-0.39, 0.29) is 11.7 Å². The average molecular weight is 463 g/mol. The predicted molar refractivity (Wildman–Crippen MR) is 127 cm³/mol. The van der Waals surface area contributed by atoms with Crippen molar-refractivity contribution in [1.29, 1.82) is 0 Å². The molecule has 2 heterocycles. The highest BCUT2D eigenvalue weighted by atomic mass is 35.5. The summed E-state index contributed by atoms with van der Waals surface area (Å²) in [5, 5.41) is 13.9. The van der Waals surface area contributed by atoms with Crippen LogP contribution in [0.15, 0.2) is 83.3 Å². The largest absolute Gasteiger partial charge is 0.272 e. The molecule has 0 aliphatic rings. The number of benzene rings is 2. The van der Waals surface area contributed by atoms with Gasteiger partial charge in [0.2, 0.25) is 0 Å². The van der Waals surface area contributed by atoms with Crippen molar-refractivity contribution in [1.82, 2.24) is 25.2 Å². The average Bonchev–Trinajstić information content (AvgIpc) is 3.23. The lowest BCUT2D eigenvalue weighted by molar-refractivity contribution is -0.118. The van der Waals surface area contributed by atoms with Crippen LogP contribution in [0.25, 0.3) is 17.1 Å². The Balaban J connectivity index is 1.53. The minimum absolute atomic E-state index is 0.134. The number of nitrogens with one attached hydrogen (secondary N) is 1. The van der Waals surface area contributed by atoms with Crippen LogP contribution in [0.2, 0.25) is 5.02 Å². The van der Waals surface area contributed by atoms with E-state index in [1.165, 1.54) is 11.8 Å². The van der Waals surface area contributed by atoms with Crippen LogP contribution in [-0.4, -0.2) is 37.6 Å². The summed E-state index contributed by atoms with van der Waals surface area (Å²) in [5.41, 5.74) is 6.25. The van der Waals surface area contributed by atoms with Crippen LogP contribution in [0.5, 0.6) is 0 Å². The monoisotopic (exact) mass is 462 g/mol. The molecule has 2 aromatic carbocycles. The second-order valence-electron chi connectivity index (χ2n) is 6.85. The van der Waals surface area contributed by atoms with Gasteiger partial charge in [0, 0.05) is 34.2 Å². The normalized spacial score (nSPS) is 11.1. The van der Waals surface area contributed by atoms with Crippen molar-refractivity contribution in [2.45, 2.75) is 12.1 Å². The Morgan fingerprint density at radius 2 is 1.91 bits per heavy atom. The highest BCUT2D eigenvalue weighted by Crippen LogP contribution is 2.28. The minimum Gasteiger partial charge on any atom is -0.272 e. The van der Waals surface area contributed by atoms with Crippen molar-refractivity contribution in [3.8, 4) is 17.1 Å². The molecule has 0 atom stereocenters. The van der Waals surface area contributed by atoms with Crippen molar-refractivity contribution in [2.75, 3.05) is 5.75 Å². The van der Waals surface area contributed by atoms with E-state index in [9.17, 15) is 4.79 Å².